The van der Waals surface area contributed by atoms with Crippen molar-refractivity contribution >= 4 is 11.8 Å². The van der Waals surface area contributed by atoms with E-state index in [1.54, 1.807) is 12.1 Å². The van der Waals surface area contributed by atoms with Crippen molar-refractivity contribution in [3.63, 3.8) is 0 Å². The zero-order valence-electron chi connectivity index (χ0n) is 9.31. The number of hydrogen-bond acceptors (Lipinski definition) is 5. The van der Waals surface area contributed by atoms with E-state index in [1.165, 1.54) is 12.1 Å². The molecule has 0 N–H and O–H groups in total. The lowest BCUT2D eigenvalue weighted by atomic mass is 9.99. The number of halogens is 1. The van der Waals surface area contributed by atoms with Gasteiger partial charge in [0.2, 0.25) is 5.78 Å². The van der Waals surface area contributed by atoms with Gasteiger partial charge in [0.1, 0.15) is 0 Å². The highest BCUT2D eigenvalue weighted by Crippen LogP contribution is 2.15. The summed E-state index contributed by atoms with van der Waals surface area (Å²) in [5, 5.41) is 17.5. The van der Waals surface area contributed by atoms with Gasteiger partial charge in [-0.05, 0) is 18.2 Å². The molecule has 6 heteroatoms. The second kappa shape index (κ2) is 5.55. The van der Waals surface area contributed by atoms with Gasteiger partial charge in [-0.15, -0.1) is 0 Å². The van der Waals surface area contributed by atoms with Crippen LogP contribution in [0.4, 0.5) is 4.39 Å². The standard InChI is InChI=1S/C12H7FN2O3/c1-18-12(17)10(13)11(16)9-4-7(5-14)2-3-8(9)6-15/h2-4,10H,1H3. The van der Waals surface area contributed by atoms with E-state index >= 15 is 0 Å². The Morgan fingerprint density at radius 3 is 2.50 bits per heavy atom. The number of benzene rings is 1. The lowest BCUT2D eigenvalue weighted by molar-refractivity contribution is -0.144. The highest BCUT2D eigenvalue weighted by atomic mass is 19.1. The predicted octanol–water partition coefficient (Wildman–Crippen LogP) is 1.12. The lowest BCUT2D eigenvalue weighted by Crippen LogP contribution is -2.27. The Hall–Kier alpha value is -2.73. The first-order valence-corrected chi connectivity index (χ1v) is 4.75. The van der Waals surface area contributed by atoms with Crippen LogP contribution in [0.3, 0.4) is 0 Å². The van der Waals surface area contributed by atoms with Crippen LogP contribution < -0.4 is 0 Å². The normalized spacial score (nSPS) is 10.9. The molecule has 0 amide bonds. The third-order valence-electron chi connectivity index (χ3n) is 2.17. The Bertz CT molecular complexity index is 584. The van der Waals surface area contributed by atoms with Crippen LogP contribution >= 0.6 is 0 Å². The maximum absolute atomic E-state index is 13.4. The third-order valence-corrected chi connectivity index (χ3v) is 2.17. The molecule has 0 radical (unpaired) electrons. The minimum atomic E-state index is -2.50. The first kappa shape index (κ1) is 13.3. The lowest BCUT2D eigenvalue weighted by Gasteiger charge is -2.06. The summed E-state index contributed by atoms with van der Waals surface area (Å²) < 4.78 is 17.5. The molecule has 0 bridgehead atoms. The summed E-state index contributed by atoms with van der Waals surface area (Å²) in [7, 11) is 0.944. The quantitative estimate of drug-likeness (QED) is 0.453. The van der Waals surface area contributed by atoms with Crippen molar-refractivity contribution in [3.8, 4) is 12.1 Å². The van der Waals surface area contributed by atoms with E-state index in [0.29, 0.717) is 0 Å². The molecule has 0 aliphatic heterocycles. The fourth-order valence-electron chi connectivity index (χ4n) is 1.26. The highest BCUT2D eigenvalue weighted by Gasteiger charge is 2.29. The SMILES string of the molecule is COC(=O)C(F)C(=O)c1cc(C#N)ccc1C#N. The molecule has 5 nitrogen and oxygen atoms in total. The Morgan fingerprint density at radius 2 is 2.00 bits per heavy atom. The van der Waals surface area contributed by atoms with Gasteiger partial charge >= 0.3 is 5.97 Å². The van der Waals surface area contributed by atoms with E-state index < -0.39 is 17.9 Å². The number of carbonyl (C=O) groups excluding carboxylic acids is 2. The van der Waals surface area contributed by atoms with Crippen molar-refractivity contribution < 1.29 is 18.7 Å². The van der Waals surface area contributed by atoms with Crippen molar-refractivity contribution in [1.29, 1.82) is 10.5 Å². The molecular formula is C12H7FN2O3. The number of ketones is 1. The minimum Gasteiger partial charge on any atom is -0.467 e. The van der Waals surface area contributed by atoms with Crippen LogP contribution in [0, 0.1) is 22.7 Å². The van der Waals surface area contributed by atoms with Gasteiger partial charge in [-0.25, -0.2) is 9.18 Å². The molecule has 90 valence electrons. The average Bonchev–Trinajstić information content (AvgIpc) is 2.43. The topological polar surface area (TPSA) is 90.9 Å². The van der Waals surface area contributed by atoms with Crippen LogP contribution in [0.25, 0.3) is 0 Å². The van der Waals surface area contributed by atoms with Crippen LogP contribution in [0.15, 0.2) is 18.2 Å². The molecule has 1 aromatic rings. The number of alkyl halides is 1. The van der Waals surface area contributed by atoms with Crippen LogP contribution in [-0.4, -0.2) is 25.0 Å². The van der Waals surface area contributed by atoms with Crippen LogP contribution in [0.2, 0.25) is 0 Å². The Labute approximate surface area is 102 Å². The second-order valence-corrected chi connectivity index (χ2v) is 3.23. The smallest absolute Gasteiger partial charge is 0.348 e. The van der Waals surface area contributed by atoms with E-state index in [9.17, 15) is 14.0 Å². The van der Waals surface area contributed by atoms with Gasteiger partial charge in [-0.3, -0.25) is 4.79 Å². The monoisotopic (exact) mass is 246 g/mol. The van der Waals surface area contributed by atoms with Gasteiger partial charge in [0.05, 0.1) is 30.4 Å². The highest BCUT2D eigenvalue weighted by molar-refractivity contribution is 6.12. The van der Waals surface area contributed by atoms with E-state index in [4.69, 9.17) is 10.5 Å². The summed E-state index contributed by atoms with van der Waals surface area (Å²) in [6.07, 6.45) is -2.50. The molecule has 0 aromatic heterocycles. The van der Waals surface area contributed by atoms with Gasteiger partial charge < -0.3 is 4.74 Å². The molecule has 1 rings (SSSR count). The molecule has 1 unspecified atom stereocenters. The van der Waals surface area contributed by atoms with Gasteiger partial charge in [0, 0.05) is 5.56 Å². The molecule has 0 saturated carbocycles. The first-order valence-electron chi connectivity index (χ1n) is 4.75. The number of esters is 1. The molecular weight excluding hydrogens is 239 g/mol. The van der Waals surface area contributed by atoms with Crippen molar-refractivity contribution in [2.45, 2.75) is 6.17 Å². The second-order valence-electron chi connectivity index (χ2n) is 3.23. The van der Waals surface area contributed by atoms with E-state index in [-0.39, 0.29) is 16.7 Å². The zero-order valence-corrected chi connectivity index (χ0v) is 9.31. The largest absolute Gasteiger partial charge is 0.467 e. The first-order chi connectivity index (χ1) is 8.54. The van der Waals surface area contributed by atoms with Crippen molar-refractivity contribution in [1.82, 2.24) is 0 Å². The molecule has 1 atom stereocenters. The number of methoxy groups -OCH3 is 1. The van der Waals surface area contributed by atoms with Crippen LogP contribution in [-0.2, 0) is 9.53 Å². The maximum atomic E-state index is 13.4. The average molecular weight is 246 g/mol. The van der Waals surface area contributed by atoms with Crippen molar-refractivity contribution in [2.24, 2.45) is 0 Å². The minimum absolute atomic E-state index is 0.0921. The summed E-state index contributed by atoms with van der Waals surface area (Å²) in [6, 6.07) is 7.05. The van der Waals surface area contributed by atoms with E-state index in [1.807, 2.05) is 0 Å². The number of hydrogen-bond donors (Lipinski definition) is 0. The summed E-state index contributed by atoms with van der Waals surface area (Å²) in [6.45, 7) is 0. The van der Waals surface area contributed by atoms with Gasteiger partial charge in [-0.2, -0.15) is 10.5 Å². The van der Waals surface area contributed by atoms with Crippen LogP contribution in [0.5, 0.6) is 0 Å². The fourth-order valence-corrected chi connectivity index (χ4v) is 1.26. The molecule has 0 aliphatic carbocycles. The summed E-state index contributed by atoms with van der Waals surface area (Å²) in [5.41, 5.74) is -0.325. The summed E-state index contributed by atoms with van der Waals surface area (Å²) >= 11 is 0. The molecule has 18 heavy (non-hydrogen) atoms. The van der Waals surface area contributed by atoms with E-state index in [2.05, 4.69) is 4.74 Å². The van der Waals surface area contributed by atoms with Crippen molar-refractivity contribution in [3.05, 3.63) is 34.9 Å². The van der Waals surface area contributed by atoms with Gasteiger partial charge in [0.25, 0.3) is 6.17 Å². The number of carbonyl (C=O) groups is 2. The number of nitrogens with zero attached hydrogens (tertiary/aromatic N) is 2. The zero-order chi connectivity index (χ0) is 13.7. The number of Topliss-reactive ketones (excluding diaryl/α,β-unsaturated/α-hetero) is 1. The Morgan fingerprint density at radius 1 is 1.33 bits per heavy atom. The number of rotatable bonds is 3. The van der Waals surface area contributed by atoms with Gasteiger partial charge in [0.15, 0.2) is 0 Å². The van der Waals surface area contributed by atoms with E-state index in [0.717, 1.165) is 13.2 Å². The Kier molecular flexibility index (Phi) is 4.11. The van der Waals surface area contributed by atoms with Crippen LogP contribution in [0.1, 0.15) is 21.5 Å². The molecule has 0 saturated heterocycles. The molecule has 1 aromatic carbocycles. The fraction of sp³-hybridized carbons (Fsp3) is 0.167. The molecule has 0 fully saturated rings. The summed E-state index contributed by atoms with van der Waals surface area (Å²) in [5.74, 6) is -2.54. The molecule has 0 aliphatic rings. The Balaban J connectivity index is 3.24. The third kappa shape index (κ3) is 2.50. The number of nitriles is 2. The number of ether oxygens (including phenoxy) is 1. The van der Waals surface area contributed by atoms with Crippen molar-refractivity contribution in [2.75, 3.05) is 7.11 Å². The predicted molar refractivity (Wildman–Crippen MR) is 57.1 cm³/mol. The summed E-state index contributed by atoms with van der Waals surface area (Å²) in [4.78, 5) is 22.6. The maximum Gasteiger partial charge on any atom is 0.348 e. The molecule has 0 spiro atoms. The van der Waals surface area contributed by atoms with Gasteiger partial charge in [-0.1, -0.05) is 0 Å². The molecule has 0 heterocycles.